The molecule has 1 unspecified atom stereocenters. The van der Waals surface area contributed by atoms with Crippen LogP contribution < -0.4 is 11.3 Å². The zero-order valence-electron chi connectivity index (χ0n) is 11.9. The highest BCUT2D eigenvalue weighted by atomic mass is 16.3. The van der Waals surface area contributed by atoms with Crippen LogP contribution in [0.4, 0.5) is 0 Å². The smallest absolute Gasteiger partial charge is 0.122 e. The third-order valence-corrected chi connectivity index (χ3v) is 3.30. The maximum Gasteiger partial charge on any atom is 0.122 e. The Labute approximate surface area is 114 Å². The molecule has 1 atom stereocenters. The lowest BCUT2D eigenvalue weighted by Gasteiger charge is -2.14. The minimum atomic E-state index is 0.0153. The van der Waals surface area contributed by atoms with Gasteiger partial charge in [-0.1, -0.05) is 36.2 Å². The molecule has 3 N–H and O–H groups in total. The molecule has 0 spiro atoms. The molecule has 2 rings (SSSR count). The van der Waals surface area contributed by atoms with Crippen LogP contribution in [0.5, 0.6) is 0 Å². The zero-order valence-corrected chi connectivity index (χ0v) is 11.9. The van der Waals surface area contributed by atoms with Gasteiger partial charge in [0.1, 0.15) is 11.5 Å². The first-order valence-electron chi connectivity index (χ1n) is 6.74. The van der Waals surface area contributed by atoms with Crippen LogP contribution in [0.15, 0.2) is 34.7 Å². The molecule has 1 aromatic heterocycles. The van der Waals surface area contributed by atoms with Crippen molar-refractivity contribution in [3.8, 4) is 0 Å². The van der Waals surface area contributed by atoms with E-state index in [1.54, 1.807) is 0 Å². The van der Waals surface area contributed by atoms with E-state index in [9.17, 15) is 0 Å². The van der Waals surface area contributed by atoms with Crippen LogP contribution in [0.2, 0.25) is 0 Å². The largest absolute Gasteiger partial charge is 0.464 e. The maximum atomic E-state index is 5.78. The Morgan fingerprint density at radius 3 is 2.37 bits per heavy atom. The van der Waals surface area contributed by atoms with Gasteiger partial charge in [-0.3, -0.25) is 5.84 Å². The molecule has 19 heavy (non-hydrogen) atoms. The van der Waals surface area contributed by atoms with E-state index in [-0.39, 0.29) is 6.04 Å². The monoisotopic (exact) mass is 258 g/mol. The van der Waals surface area contributed by atoms with E-state index in [4.69, 9.17) is 10.3 Å². The lowest BCUT2D eigenvalue weighted by Crippen LogP contribution is -2.29. The van der Waals surface area contributed by atoms with Gasteiger partial charge in [0.15, 0.2) is 0 Å². The summed E-state index contributed by atoms with van der Waals surface area (Å²) in [5.41, 5.74) is 6.68. The molecule has 3 nitrogen and oxygen atoms in total. The Hall–Kier alpha value is -1.58. The molecule has 0 fully saturated rings. The summed E-state index contributed by atoms with van der Waals surface area (Å²) in [6.07, 6.45) is 1.73. The normalized spacial score (nSPS) is 12.6. The molecular weight excluding hydrogens is 236 g/mol. The summed E-state index contributed by atoms with van der Waals surface area (Å²) < 4.78 is 5.78. The number of benzene rings is 1. The summed E-state index contributed by atoms with van der Waals surface area (Å²) >= 11 is 0. The minimum Gasteiger partial charge on any atom is -0.464 e. The van der Waals surface area contributed by atoms with Gasteiger partial charge in [-0.2, -0.15) is 0 Å². The van der Waals surface area contributed by atoms with Crippen LogP contribution in [-0.4, -0.2) is 0 Å². The van der Waals surface area contributed by atoms with Crippen molar-refractivity contribution in [2.75, 3.05) is 0 Å². The van der Waals surface area contributed by atoms with Crippen molar-refractivity contribution in [2.45, 2.75) is 39.7 Å². The second-order valence-electron chi connectivity index (χ2n) is 5.08. The molecule has 0 bridgehead atoms. The van der Waals surface area contributed by atoms with E-state index in [2.05, 4.69) is 44.4 Å². The molecule has 0 amide bonds. The van der Waals surface area contributed by atoms with Crippen molar-refractivity contribution in [1.82, 2.24) is 5.43 Å². The van der Waals surface area contributed by atoms with E-state index in [0.29, 0.717) is 0 Å². The second kappa shape index (κ2) is 6.04. The first-order valence-corrected chi connectivity index (χ1v) is 6.74. The fourth-order valence-corrected chi connectivity index (χ4v) is 2.44. The van der Waals surface area contributed by atoms with Gasteiger partial charge in [0.25, 0.3) is 0 Å². The van der Waals surface area contributed by atoms with Gasteiger partial charge in [0.2, 0.25) is 0 Å². The van der Waals surface area contributed by atoms with Crippen molar-refractivity contribution < 1.29 is 4.42 Å². The Kier molecular flexibility index (Phi) is 4.40. The predicted molar refractivity (Wildman–Crippen MR) is 77.8 cm³/mol. The van der Waals surface area contributed by atoms with Crippen LogP contribution in [0.1, 0.15) is 41.2 Å². The number of nitrogens with two attached hydrogens (primary N) is 1. The highest BCUT2D eigenvalue weighted by molar-refractivity contribution is 5.29. The molecule has 0 saturated carbocycles. The van der Waals surface area contributed by atoms with Crippen LogP contribution in [0.3, 0.4) is 0 Å². The van der Waals surface area contributed by atoms with Gasteiger partial charge in [0.05, 0.1) is 6.04 Å². The minimum absolute atomic E-state index is 0.0153. The third-order valence-electron chi connectivity index (χ3n) is 3.30. The number of furan rings is 1. The fourth-order valence-electron chi connectivity index (χ4n) is 2.44. The predicted octanol–water partition coefficient (Wildman–Crippen LogP) is 3.21. The van der Waals surface area contributed by atoms with Crippen LogP contribution >= 0.6 is 0 Å². The van der Waals surface area contributed by atoms with Crippen LogP contribution in [0, 0.1) is 13.8 Å². The summed E-state index contributed by atoms with van der Waals surface area (Å²) in [6, 6.07) is 10.6. The average Bonchev–Trinajstić information content (AvgIpc) is 2.83. The molecule has 1 heterocycles. The number of hydrazine groups is 1. The number of hydrogen-bond donors (Lipinski definition) is 2. The number of aryl methyl sites for hydroxylation is 3. The van der Waals surface area contributed by atoms with Gasteiger partial charge in [0, 0.05) is 6.42 Å². The maximum absolute atomic E-state index is 5.78. The van der Waals surface area contributed by atoms with Crippen molar-refractivity contribution >= 4 is 0 Å². The summed E-state index contributed by atoms with van der Waals surface area (Å²) in [5.74, 6) is 7.57. The lowest BCUT2D eigenvalue weighted by atomic mass is 10.0. The van der Waals surface area contributed by atoms with Gasteiger partial charge >= 0.3 is 0 Å². The second-order valence-corrected chi connectivity index (χ2v) is 5.08. The summed E-state index contributed by atoms with van der Waals surface area (Å²) in [7, 11) is 0. The molecule has 0 aliphatic carbocycles. The van der Waals surface area contributed by atoms with E-state index in [1.165, 1.54) is 16.7 Å². The molecule has 2 aromatic rings. The van der Waals surface area contributed by atoms with Gasteiger partial charge in [-0.05, 0) is 38.0 Å². The molecule has 0 radical (unpaired) electrons. The summed E-state index contributed by atoms with van der Waals surface area (Å²) in [4.78, 5) is 0. The topological polar surface area (TPSA) is 51.2 Å². The summed E-state index contributed by atoms with van der Waals surface area (Å²) in [6.45, 7) is 6.31. The fraction of sp³-hybridized carbons (Fsp3) is 0.375. The van der Waals surface area contributed by atoms with E-state index >= 15 is 0 Å². The quantitative estimate of drug-likeness (QED) is 0.639. The van der Waals surface area contributed by atoms with Crippen molar-refractivity contribution in [2.24, 2.45) is 5.84 Å². The summed E-state index contributed by atoms with van der Waals surface area (Å²) in [5, 5.41) is 0. The number of rotatable bonds is 5. The molecule has 0 aliphatic rings. The third kappa shape index (κ3) is 3.46. The first-order chi connectivity index (χ1) is 9.12. The van der Waals surface area contributed by atoms with Gasteiger partial charge in [-0.15, -0.1) is 0 Å². The van der Waals surface area contributed by atoms with Crippen LogP contribution in [-0.2, 0) is 12.8 Å². The number of hydrogen-bond acceptors (Lipinski definition) is 3. The first kappa shape index (κ1) is 13.8. The molecule has 102 valence electrons. The lowest BCUT2D eigenvalue weighted by molar-refractivity contribution is 0.396. The molecule has 1 aromatic carbocycles. The Morgan fingerprint density at radius 1 is 1.16 bits per heavy atom. The molecule has 0 aliphatic heterocycles. The van der Waals surface area contributed by atoms with E-state index < -0.39 is 0 Å². The van der Waals surface area contributed by atoms with Gasteiger partial charge in [-0.25, -0.2) is 5.43 Å². The number of nitrogens with one attached hydrogen (secondary N) is 1. The van der Waals surface area contributed by atoms with Crippen molar-refractivity contribution in [1.29, 1.82) is 0 Å². The van der Waals surface area contributed by atoms with Crippen molar-refractivity contribution in [3.05, 3.63) is 58.5 Å². The Morgan fingerprint density at radius 2 is 1.84 bits per heavy atom. The standard InChI is InChI=1S/C16H22N2O/c1-4-14-5-6-16(19-14)15(18-17)10-13-8-11(2)7-12(3)9-13/h5-9,15,18H,4,10,17H2,1-3H3. The van der Waals surface area contributed by atoms with E-state index in [0.717, 1.165) is 24.4 Å². The van der Waals surface area contributed by atoms with Crippen LogP contribution in [0.25, 0.3) is 0 Å². The Bertz CT molecular complexity index is 525. The average molecular weight is 258 g/mol. The Balaban J connectivity index is 2.18. The highest BCUT2D eigenvalue weighted by Crippen LogP contribution is 2.21. The molecule has 0 saturated heterocycles. The van der Waals surface area contributed by atoms with Crippen molar-refractivity contribution in [3.63, 3.8) is 0 Å². The molecule has 3 heteroatoms. The highest BCUT2D eigenvalue weighted by Gasteiger charge is 2.15. The van der Waals surface area contributed by atoms with Gasteiger partial charge < -0.3 is 4.42 Å². The molecular formula is C16H22N2O. The van der Waals surface area contributed by atoms with E-state index in [1.807, 2.05) is 12.1 Å². The SMILES string of the molecule is CCc1ccc(C(Cc2cc(C)cc(C)c2)NN)o1. The zero-order chi connectivity index (χ0) is 13.8.